The smallest absolute Gasteiger partial charge is 0.112 e. The zero-order valence-electron chi connectivity index (χ0n) is 11.6. The van der Waals surface area contributed by atoms with Gasteiger partial charge in [0.1, 0.15) is 5.69 Å². The van der Waals surface area contributed by atoms with Crippen LogP contribution in [0.2, 0.25) is 5.02 Å². The zero-order chi connectivity index (χ0) is 14.2. The van der Waals surface area contributed by atoms with Gasteiger partial charge in [0.05, 0.1) is 18.0 Å². The summed E-state index contributed by atoms with van der Waals surface area (Å²) in [6.45, 7) is 8.10. The Bertz CT molecular complexity index is 599. The molecule has 0 atom stereocenters. The topological polar surface area (TPSA) is 50.9 Å². The Balaban J connectivity index is 2.66. The van der Waals surface area contributed by atoms with Crippen molar-refractivity contribution in [2.24, 2.45) is 0 Å². The second-order valence-corrected chi connectivity index (χ2v) is 6.07. The largest absolute Gasteiger partial charge is 0.390 e. The number of nitrogens with zero attached hydrogens (tertiary/aromatic N) is 3. The lowest BCUT2D eigenvalue weighted by molar-refractivity contribution is 0.273. The first-order valence-corrected chi connectivity index (χ1v) is 6.55. The van der Waals surface area contributed by atoms with Gasteiger partial charge in [-0.05, 0) is 30.7 Å². The van der Waals surface area contributed by atoms with Crippen LogP contribution in [0.1, 0.15) is 37.7 Å². The van der Waals surface area contributed by atoms with Crippen molar-refractivity contribution in [1.29, 1.82) is 0 Å². The third kappa shape index (κ3) is 2.65. The Hall–Kier alpha value is -1.39. The van der Waals surface area contributed by atoms with E-state index in [0.717, 1.165) is 16.9 Å². The first-order valence-electron chi connectivity index (χ1n) is 6.17. The summed E-state index contributed by atoms with van der Waals surface area (Å²) in [7, 11) is 0. The molecule has 0 aliphatic rings. The minimum atomic E-state index is -0.159. The summed E-state index contributed by atoms with van der Waals surface area (Å²) in [6.07, 6.45) is 0. The molecule has 1 aromatic heterocycles. The van der Waals surface area contributed by atoms with Crippen LogP contribution in [0.4, 0.5) is 0 Å². The Kier molecular flexibility index (Phi) is 3.65. The molecule has 0 radical (unpaired) electrons. The highest BCUT2D eigenvalue weighted by molar-refractivity contribution is 6.30. The number of aliphatic hydroxyl groups excluding tert-OH is 1. The number of rotatable bonds is 2. The second-order valence-electron chi connectivity index (χ2n) is 5.64. The van der Waals surface area contributed by atoms with Crippen molar-refractivity contribution in [2.75, 3.05) is 0 Å². The number of hydrogen-bond acceptors (Lipinski definition) is 3. The van der Waals surface area contributed by atoms with Crippen LogP contribution in [-0.2, 0) is 12.0 Å². The lowest BCUT2D eigenvalue weighted by Gasteiger charge is -2.21. The molecule has 0 fully saturated rings. The van der Waals surface area contributed by atoms with Crippen molar-refractivity contribution in [3.05, 3.63) is 40.2 Å². The minimum absolute atomic E-state index is 0.112. The zero-order valence-corrected chi connectivity index (χ0v) is 12.4. The van der Waals surface area contributed by atoms with Gasteiger partial charge in [0.2, 0.25) is 0 Å². The molecule has 0 amide bonds. The fourth-order valence-corrected chi connectivity index (χ4v) is 2.42. The third-order valence-corrected chi connectivity index (χ3v) is 3.22. The molecule has 19 heavy (non-hydrogen) atoms. The number of halogens is 1. The molecule has 0 saturated carbocycles. The number of hydrogen-bond donors (Lipinski definition) is 1. The molecule has 2 aromatic rings. The van der Waals surface area contributed by atoms with Crippen LogP contribution in [0.15, 0.2) is 18.2 Å². The predicted molar refractivity (Wildman–Crippen MR) is 75.7 cm³/mol. The van der Waals surface area contributed by atoms with Gasteiger partial charge < -0.3 is 5.11 Å². The fourth-order valence-electron chi connectivity index (χ4n) is 2.20. The van der Waals surface area contributed by atoms with Gasteiger partial charge in [-0.25, -0.2) is 4.68 Å². The van der Waals surface area contributed by atoms with E-state index in [0.29, 0.717) is 10.7 Å². The summed E-state index contributed by atoms with van der Waals surface area (Å²) in [5, 5.41) is 18.4. The number of aryl methyl sites for hydroxylation is 1. The van der Waals surface area contributed by atoms with Crippen LogP contribution in [0.3, 0.4) is 0 Å². The van der Waals surface area contributed by atoms with Crippen LogP contribution in [0.5, 0.6) is 0 Å². The van der Waals surface area contributed by atoms with Crippen molar-refractivity contribution in [3.63, 3.8) is 0 Å². The van der Waals surface area contributed by atoms with Gasteiger partial charge in [-0.15, -0.1) is 5.10 Å². The Morgan fingerprint density at radius 3 is 2.53 bits per heavy atom. The van der Waals surface area contributed by atoms with E-state index in [1.165, 1.54) is 0 Å². The molecule has 0 aliphatic heterocycles. The molecule has 1 heterocycles. The van der Waals surface area contributed by atoms with Crippen molar-refractivity contribution in [3.8, 4) is 5.69 Å². The van der Waals surface area contributed by atoms with E-state index in [2.05, 4.69) is 31.1 Å². The van der Waals surface area contributed by atoms with Gasteiger partial charge in [0.15, 0.2) is 0 Å². The maximum absolute atomic E-state index is 9.42. The number of benzene rings is 1. The standard InChI is InChI=1S/C14H18ClN3O/c1-9-7-10(15)5-6-12(9)18-13(14(2,3)4)11(8-19)16-17-18/h5-7,19H,8H2,1-4H3. The molecule has 0 unspecified atom stereocenters. The maximum Gasteiger partial charge on any atom is 0.112 e. The first-order chi connectivity index (χ1) is 8.84. The van der Waals surface area contributed by atoms with Gasteiger partial charge in [-0.1, -0.05) is 37.6 Å². The van der Waals surface area contributed by atoms with E-state index in [9.17, 15) is 5.11 Å². The molecule has 1 N–H and O–H groups in total. The van der Waals surface area contributed by atoms with E-state index >= 15 is 0 Å². The summed E-state index contributed by atoms with van der Waals surface area (Å²) in [4.78, 5) is 0. The summed E-state index contributed by atoms with van der Waals surface area (Å²) in [5.41, 5.74) is 3.32. The maximum atomic E-state index is 9.42. The van der Waals surface area contributed by atoms with Crippen LogP contribution in [0, 0.1) is 6.92 Å². The highest BCUT2D eigenvalue weighted by atomic mass is 35.5. The lowest BCUT2D eigenvalue weighted by Crippen LogP contribution is -2.20. The number of aromatic nitrogens is 3. The van der Waals surface area contributed by atoms with Crippen molar-refractivity contribution < 1.29 is 5.11 Å². The molecular weight excluding hydrogens is 262 g/mol. The summed E-state index contributed by atoms with van der Waals surface area (Å²) >= 11 is 5.98. The molecule has 0 saturated heterocycles. The normalized spacial score (nSPS) is 11.9. The predicted octanol–water partition coefficient (Wildman–Crippen LogP) is 3.02. The van der Waals surface area contributed by atoms with E-state index in [1.807, 2.05) is 25.1 Å². The SMILES string of the molecule is Cc1cc(Cl)ccc1-n1nnc(CO)c1C(C)(C)C. The van der Waals surface area contributed by atoms with E-state index in [1.54, 1.807) is 4.68 Å². The molecular formula is C14H18ClN3O. The van der Waals surface area contributed by atoms with Crippen LogP contribution >= 0.6 is 11.6 Å². The molecule has 5 heteroatoms. The molecule has 0 spiro atoms. The van der Waals surface area contributed by atoms with E-state index in [-0.39, 0.29) is 12.0 Å². The van der Waals surface area contributed by atoms with Crippen molar-refractivity contribution in [1.82, 2.24) is 15.0 Å². The second kappa shape index (κ2) is 4.94. The van der Waals surface area contributed by atoms with Gasteiger partial charge in [0.25, 0.3) is 0 Å². The average molecular weight is 280 g/mol. The Labute approximate surface area is 118 Å². The Morgan fingerprint density at radius 2 is 2.00 bits per heavy atom. The molecule has 0 aliphatic carbocycles. The van der Waals surface area contributed by atoms with Gasteiger partial charge in [-0.3, -0.25) is 0 Å². The van der Waals surface area contributed by atoms with Gasteiger partial charge in [0, 0.05) is 10.4 Å². The van der Waals surface area contributed by atoms with E-state index in [4.69, 9.17) is 11.6 Å². The first kappa shape index (κ1) is 14.0. The van der Waals surface area contributed by atoms with Gasteiger partial charge >= 0.3 is 0 Å². The summed E-state index contributed by atoms with van der Waals surface area (Å²) in [5.74, 6) is 0. The monoisotopic (exact) mass is 279 g/mol. The Morgan fingerprint density at radius 1 is 1.32 bits per heavy atom. The highest BCUT2D eigenvalue weighted by Gasteiger charge is 2.26. The van der Waals surface area contributed by atoms with Crippen LogP contribution < -0.4 is 0 Å². The number of aliphatic hydroxyl groups is 1. The molecule has 102 valence electrons. The van der Waals surface area contributed by atoms with E-state index < -0.39 is 0 Å². The highest BCUT2D eigenvalue weighted by Crippen LogP contribution is 2.28. The quantitative estimate of drug-likeness (QED) is 0.919. The molecule has 4 nitrogen and oxygen atoms in total. The molecule has 2 rings (SSSR count). The van der Waals surface area contributed by atoms with Crippen molar-refractivity contribution in [2.45, 2.75) is 39.7 Å². The minimum Gasteiger partial charge on any atom is -0.390 e. The summed E-state index contributed by atoms with van der Waals surface area (Å²) < 4.78 is 1.79. The van der Waals surface area contributed by atoms with Crippen LogP contribution in [0.25, 0.3) is 5.69 Å². The molecule has 0 bridgehead atoms. The van der Waals surface area contributed by atoms with Crippen molar-refractivity contribution >= 4 is 11.6 Å². The lowest BCUT2D eigenvalue weighted by atomic mass is 9.90. The third-order valence-electron chi connectivity index (χ3n) is 2.99. The summed E-state index contributed by atoms with van der Waals surface area (Å²) in [6, 6.07) is 5.64. The molecule has 1 aromatic carbocycles. The fraction of sp³-hybridized carbons (Fsp3) is 0.429. The van der Waals surface area contributed by atoms with Crippen LogP contribution in [-0.4, -0.2) is 20.1 Å². The average Bonchev–Trinajstić information content (AvgIpc) is 2.72. The van der Waals surface area contributed by atoms with Gasteiger partial charge in [-0.2, -0.15) is 0 Å².